The fraction of sp³-hybridized carbons (Fsp3) is 0.267. The molecule has 0 unspecified atom stereocenters. The number of oxime groups is 1. The van der Waals surface area contributed by atoms with Crippen molar-refractivity contribution in [2.45, 2.75) is 20.3 Å². The standard InChI is InChI=1S/C15H15NO5/c1-4-13(16-21-9(2)17)12-7-10-5-6-11(19-3)8-14(10)20-15(12)18/h5-8H,4H2,1-3H3. The topological polar surface area (TPSA) is 78.1 Å². The minimum absolute atomic E-state index is 0.274. The van der Waals surface area contributed by atoms with Gasteiger partial charge in [-0.05, 0) is 24.6 Å². The van der Waals surface area contributed by atoms with Crippen molar-refractivity contribution in [3.8, 4) is 5.75 Å². The second kappa shape index (κ2) is 6.21. The van der Waals surface area contributed by atoms with Crippen LogP contribution in [0.25, 0.3) is 11.0 Å². The summed E-state index contributed by atoms with van der Waals surface area (Å²) in [6.45, 7) is 3.05. The third-order valence-electron chi connectivity index (χ3n) is 2.87. The zero-order valence-corrected chi connectivity index (χ0v) is 12.0. The first-order valence-electron chi connectivity index (χ1n) is 6.42. The minimum atomic E-state index is -0.545. The van der Waals surface area contributed by atoms with Crippen LogP contribution in [0.3, 0.4) is 0 Å². The number of hydrogen-bond donors (Lipinski definition) is 0. The molecule has 1 aromatic carbocycles. The lowest BCUT2D eigenvalue weighted by atomic mass is 10.1. The first kappa shape index (κ1) is 14.8. The van der Waals surface area contributed by atoms with Crippen molar-refractivity contribution in [2.75, 3.05) is 7.11 Å². The van der Waals surface area contributed by atoms with E-state index in [1.807, 2.05) is 0 Å². The molecule has 2 rings (SSSR count). The van der Waals surface area contributed by atoms with Crippen LogP contribution in [-0.2, 0) is 9.63 Å². The molecule has 0 aliphatic rings. The molecule has 0 fully saturated rings. The number of methoxy groups -OCH3 is 1. The summed E-state index contributed by atoms with van der Waals surface area (Å²) < 4.78 is 10.4. The third-order valence-corrected chi connectivity index (χ3v) is 2.87. The lowest BCUT2D eigenvalue weighted by Crippen LogP contribution is -2.15. The van der Waals surface area contributed by atoms with E-state index in [-0.39, 0.29) is 5.56 Å². The van der Waals surface area contributed by atoms with Crippen LogP contribution in [0.4, 0.5) is 0 Å². The number of fused-ring (bicyclic) bond motifs is 1. The Kier molecular flexibility index (Phi) is 4.37. The summed E-state index contributed by atoms with van der Waals surface area (Å²) in [5, 5.41) is 4.43. The van der Waals surface area contributed by atoms with Gasteiger partial charge < -0.3 is 14.0 Å². The van der Waals surface area contributed by atoms with E-state index in [9.17, 15) is 9.59 Å². The Hall–Kier alpha value is -2.63. The van der Waals surface area contributed by atoms with Crippen molar-refractivity contribution in [2.24, 2.45) is 5.16 Å². The van der Waals surface area contributed by atoms with Gasteiger partial charge in [0.2, 0.25) is 0 Å². The summed E-state index contributed by atoms with van der Waals surface area (Å²) >= 11 is 0. The van der Waals surface area contributed by atoms with Crippen molar-refractivity contribution in [3.05, 3.63) is 40.2 Å². The Labute approximate surface area is 121 Å². The van der Waals surface area contributed by atoms with Gasteiger partial charge in [-0.25, -0.2) is 9.59 Å². The highest BCUT2D eigenvalue weighted by Crippen LogP contribution is 2.20. The minimum Gasteiger partial charge on any atom is -0.497 e. The van der Waals surface area contributed by atoms with Gasteiger partial charge in [0.25, 0.3) is 0 Å². The molecular formula is C15H15NO5. The van der Waals surface area contributed by atoms with Gasteiger partial charge in [0.15, 0.2) is 0 Å². The average Bonchev–Trinajstić information content (AvgIpc) is 2.47. The highest BCUT2D eigenvalue weighted by atomic mass is 16.7. The van der Waals surface area contributed by atoms with Crippen LogP contribution in [0.1, 0.15) is 25.8 Å². The second-order valence-corrected chi connectivity index (χ2v) is 4.33. The molecule has 6 heteroatoms. The second-order valence-electron chi connectivity index (χ2n) is 4.33. The monoisotopic (exact) mass is 289 g/mol. The molecule has 0 saturated heterocycles. The number of ether oxygens (including phenoxy) is 1. The van der Waals surface area contributed by atoms with Crippen molar-refractivity contribution in [3.63, 3.8) is 0 Å². The van der Waals surface area contributed by atoms with E-state index < -0.39 is 11.6 Å². The molecule has 0 saturated carbocycles. The Balaban J connectivity index is 2.54. The van der Waals surface area contributed by atoms with Gasteiger partial charge in [0.1, 0.15) is 11.3 Å². The summed E-state index contributed by atoms with van der Waals surface area (Å²) in [6.07, 6.45) is 0.430. The molecule has 1 heterocycles. The molecule has 0 N–H and O–H groups in total. The summed E-state index contributed by atoms with van der Waals surface area (Å²) in [4.78, 5) is 27.5. The lowest BCUT2D eigenvalue weighted by molar-refractivity contribution is -0.140. The molecule has 1 aromatic heterocycles. The molecule has 0 spiro atoms. The number of carbonyl (C=O) groups is 1. The predicted octanol–water partition coefficient (Wildman–Crippen LogP) is 2.48. The zero-order valence-electron chi connectivity index (χ0n) is 12.0. The maximum absolute atomic E-state index is 12.0. The molecule has 0 amide bonds. The van der Waals surface area contributed by atoms with E-state index in [0.717, 1.165) is 5.39 Å². The zero-order chi connectivity index (χ0) is 15.4. The van der Waals surface area contributed by atoms with E-state index in [1.54, 1.807) is 31.2 Å². The summed E-state index contributed by atoms with van der Waals surface area (Å²) in [5.74, 6) is 0.0542. The van der Waals surface area contributed by atoms with Crippen molar-refractivity contribution in [1.82, 2.24) is 0 Å². The van der Waals surface area contributed by atoms with Crippen molar-refractivity contribution < 1.29 is 18.8 Å². The number of benzene rings is 1. The van der Waals surface area contributed by atoms with Gasteiger partial charge in [-0.15, -0.1) is 0 Å². The quantitative estimate of drug-likeness (QED) is 0.374. The number of carbonyl (C=O) groups excluding carboxylic acids is 1. The Bertz CT molecular complexity index is 760. The third kappa shape index (κ3) is 3.28. The predicted molar refractivity (Wildman–Crippen MR) is 77.6 cm³/mol. The van der Waals surface area contributed by atoms with Gasteiger partial charge >= 0.3 is 11.6 Å². The molecule has 110 valence electrons. The molecule has 0 bridgehead atoms. The summed E-state index contributed by atoms with van der Waals surface area (Å²) in [7, 11) is 1.54. The van der Waals surface area contributed by atoms with E-state index >= 15 is 0 Å². The number of rotatable bonds is 4. The van der Waals surface area contributed by atoms with Crippen LogP contribution in [0.2, 0.25) is 0 Å². The van der Waals surface area contributed by atoms with Crippen LogP contribution < -0.4 is 10.4 Å². The highest BCUT2D eigenvalue weighted by Gasteiger charge is 2.12. The van der Waals surface area contributed by atoms with Gasteiger partial charge in [0, 0.05) is 18.4 Å². The molecular weight excluding hydrogens is 274 g/mol. The van der Waals surface area contributed by atoms with E-state index in [4.69, 9.17) is 9.15 Å². The van der Waals surface area contributed by atoms with Crippen molar-refractivity contribution >= 4 is 22.7 Å². The van der Waals surface area contributed by atoms with Crippen LogP contribution in [0.15, 0.2) is 38.6 Å². The highest BCUT2D eigenvalue weighted by molar-refractivity contribution is 6.02. The molecule has 0 atom stereocenters. The first-order valence-corrected chi connectivity index (χ1v) is 6.42. The lowest BCUT2D eigenvalue weighted by Gasteiger charge is -2.05. The number of nitrogens with zero attached hydrogens (tertiary/aromatic N) is 1. The molecule has 2 aromatic rings. The molecule has 0 radical (unpaired) electrons. The van der Waals surface area contributed by atoms with Gasteiger partial charge in [-0.3, -0.25) is 0 Å². The van der Waals surface area contributed by atoms with Crippen LogP contribution in [-0.4, -0.2) is 18.8 Å². The van der Waals surface area contributed by atoms with Crippen molar-refractivity contribution in [1.29, 1.82) is 0 Å². The van der Waals surface area contributed by atoms with Gasteiger partial charge in [0.05, 0.1) is 18.4 Å². The molecule has 6 nitrogen and oxygen atoms in total. The Morgan fingerprint density at radius 1 is 1.33 bits per heavy atom. The average molecular weight is 289 g/mol. The van der Waals surface area contributed by atoms with E-state index in [2.05, 4.69) is 9.99 Å². The van der Waals surface area contributed by atoms with Gasteiger partial charge in [-0.1, -0.05) is 12.1 Å². The van der Waals surface area contributed by atoms with Crippen LogP contribution >= 0.6 is 0 Å². The Morgan fingerprint density at radius 3 is 2.71 bits per heavy atom. The molecule has 21 heavy (non-hydrogen) atoms. The molecule has 0 aliphatic heterocycles. The number of hydrogen-bond acceptors (Lipinski definition) is 6. The van der Waals surface area contributed by atoms with E-state index in [0.29, 0.717) is 23.5 Å². The van der Waals surface area contributed by atoms with Crippen LogP contribution in [0, 0.1) is 0 Å². The maximum atomic E-state index is 12.0. The fourth-order valence-electron chi connectivity index (χ4n) is 1.84. The van der Waals surface area contributed by atoms with Crippen LogP contribution in [0.5, 0.6) is 5.75 Å². The smallest absolute Gasteiger partial charge is 0.345 e. The SMILES string of the molecule is CCC(=NOC(C)=O)c1cc2ccc(OC)cc2oc1=O. The van der Waals surface area contributed by atoms with E-state index in [1.165, 1.54) is 14.0 Å². The van der Waals surface area contributed by atoms with Gasteiger partial charge in [-0.2, -0.15) is 0 Å². The summed E-state index contributed by atoms with van der Waals surface area (Å²) in [6, 6.07) is 6.84. The first-order chi connectivity index (χ1) is 10.0. The fourth-order valence-corrected chi connectivity index (χ4v) is 1.84. The Morgan fingerprint density at radius 2 is 2.10 bits per heavy atom. The normalized spacial score (nSPS) is 11.5. The maximum Gasteiger partial charge on any atom is 0.345 e. The summed E-state index contributed by atoms with van der Waals surface area (Å²) in [5.41, 5.74) is 0.516. The largest absolute Gasteiger partial charge is 0.497 e. The molecule has 0 aliphatic carbocycles.